The minimum absolute atomic E-state index is 0.137. The van der Waals surface area contributed by atoms with Crippen LogP contribution in [0, 0.1) is 0 Å². The minimum atomic E-state index is -1.73. The van der Waals surface area contributed by atoms with Gasteiger partial charge < -0.3 is 47.4 Å². The van der Waals surface area contributed by atoms with Crippen LogP contribution in [-0.2, 0) is 47.4 Å². The number of thioether (sulfide) groups is 1. The highest BCUT2D eigenvalue weighted by atomic mass is 32.2. The Morgan fingerprint density at radius 1 is 0.421 bits per heavy atom. The molecular weight excluding hydrogens is 993 g/mol. The van der Waals surface area contributed by atoms with Gasteiger partial charge in [-0.05, 0) is 72.8 Å². The zero-order valence-corrected chi connectivity index (χ0v) is 41.3. The lowest BCUT2D eigenvalue weighted by atomic mass is 9.95. The first-order valence-corrected chi connectivity index (χ1v) is 25.4. The zero-order valence-electron chi connectivity index (χ0n) is 40.5. The number of benzene rings is 7. The van der Waals surface area contributed by atoms with Crippen LogP contribution in [0.3, 0.4) is 0 Å². The highest BCUT2D eigenvalue weighted by Crippen LogP contribution is 2.42. The van der Waals surface area contributed by atoms with Gasteiger partial charge in [0.2, 0.25) is 0 Å². The van der Waals surface area contributed by atoms with Crippen molar-refractivity contribution in [3.63, 3.8) is 0 Å². The van der Waals surface area contributed by atoms with Gasteiger partial charge in [-0.3, -0.25) is 0 Å². The highest BCUT2D eigenvalue weighted by Gasteiger charge is 2.58. The number of carbonyl (C=O) groups excluding carboxylic acids is 5. The maximum Gasteiger partial charge on any atom is 0.338 e. The van der Waals surface area contributed by atoms with E-state index in [1.807, 2.05) is 60.7 Å². The summed E-state index contributed by atoms with van der Waals surface area (Å²) in [6.07, 6.45) is -14.1. The van der Waals surface area contributed by atoms with Crippen molar-refractivity contribution in [2.75, 3.05) is 13.2 Å². The largest absolute Gasteiger partial charge is 0.459 e. The summed E-state index contributed by atoms with van der Waals surface area (Å²) >= 11 is 1.17. The van der Waals surface area contributed by atoms with Crippen LogP contribution in [0.4, 0.5) is 0 Å². The lowest BCUT2D eigenvalue weighted by Crippen LogP contribution is -2.67. The summed E-state index contributed by atoms with van der Waals surface area (Å²) in [7, 11) is 0. The van der Waals surface area contributed by atoms with Crippen molar-refractivity contribution in [2.45, 2.75) is 71.7 Å². The fraction of sp³-hybridized carbons (Fsp3) is 0.217. The third-order valence-electron chi connectivity index (χ3n) is 12.6. The van der Waals surface area contributed by atoms with Crippen LogP contribution in [0.1, 0.15) is 63.6 Å². The summed E-state index contributed by atoms with van der Waals surface area (Å²) in [4.78, 5) is 72.1. The van der Waals surface area contributed by atoms with Crippen molar-refractivity contribution in [1.29, 1.82) is 0 Å². The molecule has 0 aliphatic carbocycles. The van der Waals surface area contributed by atoms with Gasteiger partial charge in [-0.2, -0.15) is 0 Å². The zero-order chi connectivity index (χ0) is 52.2. The predicted molar refractivity (Wildman–Crippen MR) is 274 cm³/mol. The summed E-state index contributed by atoms with van der Waals surface area (Å²) in [6, 6.07) is 59.3. The first-order valence-electron chi connectivity index (χ1n) is 24.5. The smallest absolute Gasteiger partial charge is 0.338 e. The molecule has 11 unspecified atom stereocenters. The van der Waals surface area contributed by atoms with E-state index in [9.17, 15) is 24.0 Å². The quantitative estimate of drug-likeness (QED) is 0.0660. The van der Waals surface area contributed by atoms with E-state index in [1.165, 1.54) is 11.8 Å². The monoisotopic (exact) mass is 1040 g/mol. The van der Waals surface area contributed by atoms with E-state index < -0.39 is 103 Å². The average molecular weight is 1040 g/mol. The molecule has 76 heavy (non-hydrogen) atoms. The van der Waals surface area contributed by atoms with Crippen LogP contribution >= 0.6 is 11.8 Å². The van der Waals surface area contributed by atoms with Gasteiger partial charge >= 0.3 is 29.8 Å². The molecule has 3 aliphatic heterocycles. The molecule has 386 valence electrons. The molecule has 7 aromatic carbocycles. The highest BCUT2D eigenvalue weighted by molar-refractivity contribution is 7.99. The molecule has 11 atom stereocenters. The molecule has 0 bridgehead atoms. The second-order valence-corrected chi connectivity index (χ2v) is 18.9. The fourth-order valence-electron chi connectivity index (χ4n) is 8.89. The third kappa shape index (κ3) is 12.4. The van der Waals surface area contributed by atoms with Crippen LogP contribution in [0.5, 0.6) is 0 Å². The lowest BCUT2D eigenvalue weighted by Gasteiger charge is -2.50. The van der Waals surface area contributed by atoms with Crippen molar-refractivity contribution in [2.24, 2.45) is 0 Å². The minimum Gasteiger partial charge on any atom is -0.459 e. The Morgan fingerprint density at radius 2 is 0.829 bits per heavy atom. The third-order valence-corrected chi connectivity index (χ3v) is 13.8. The molecule has 0 radical (unpaired) electrons. The number of hydrogen-bond acceptors (Lipinski definition) is 16. The summed E-state index contributed by atoms with van der Waals surface area (Å²) < 4.78 is 65.3. The Kier molecular flexibility index (Phi) is 16.7. The van der Waals surface area contributed by atoms with Crippen LogP contribution < -0.4 is 0 Å². The molecule has 0 amide bonds. The van der Waals surface area contributed by atoms with Gasteiger partial charge in [-0.1, -0.05) is 151 Å². The molecule has 15 nitrogen and oxygen atoms in total. The first-order chi connectivity index (χ1) is 37.3. The number of rotatable bonds is 16. The summed E-state index contributed by atoms with van der Waals surface area (Å²) in [6.45, 7) is -0.657. The molecule has 0 aromatic heterocycles. The normalized spacial score (nSPS) is 24.9. The molecule has 16 heteroatoms. The van der Waals surface area contributed by atoms with Gasteiger partial charge in [-0.15, -0.1) is 0 Å². The first kappa shape index (κ1) is 51.5. The maximum absolute atomic E-state index is 14.5. The summed E-state index contributed by atoms with van der Waals surface area (Å²) in [5.41, 5.74) is 0.365. The van der Waals surface area contributed by atoms with Gasteiger partial charge in [0, 0.05) is 10.5 Å². The standard InChI is InChI=1S/C60H50O15S/c61-53(38-22-8-1-9-23-38)66-36-46-48(50(71-55(63)40-26-12-3-13-27-40)52(73-57(65)42-30-16-5-17-31-42)60(69-46)76-44-34-20-7-21-35-44)75-59-51(72-56(64)41-28-14-4-15-29-41)49(70-54(62)39-24-10-2-11-25-39)47-45(68-59)37-67-58(74-47)43-32-18-6-19-33-43/h1-35,45-52,58-60H,36-37H2. The van der Waals surface area contributed by atoms with Crippen LogP contribution in [-0.4, -0.2) is 104 Å². The molecule has 3 saturated heterocycles. The second-order valence-electron chi connectivity index (χ2n) is 17.7. The van der Waals surface area contributed by atoms with E-state index in [2.05, 4.69) is 0 Å². The van der Waals surface area contributed by atoms with E-state index in [4.69, 9.17) is 47.4 Å². The number of fused-ring (bicyclic) bond motifs is 1. The van der Waals surface area contributed by atoms with Crippen LogP contribution in [0.2, 0.25) is 0 Å². The molecule has 0 spiro atoms. The molecule has 7 aromatic rings. The molecule has 3 aliphatic rings. The van der Waals surface area contributed by atoms with E-state index in [1.54, 1.807) is 152 Å². The summed E-state index contributed by atoms with van der Waals surface area (Å²) in [5.74, 6) is -3.97. The lowest BCUT2D eigenvalue weighted by molar-refractivity contribution is -0.375. The van der Waals surface area contributed by atoms with Crippen LogP contribution in [0.25, 0.3) is 0 Å². The van der Waals surface area contributed by atoms with E-state index in [-0.39, 0.29) is 34.4 Å². The topological polar surface area (TPSA) is 178 Å². The van der Waals surface area contributed by atoms with Crippen molar-refractivity contribution < 1.29 is 71.3 Å². The predicted octanol–water partition coefficient (Wildman–Crippen LogP) is 9.49. The SMILES string of the molecule is O=C(OCC1OC(Sc2ccccc2)C(OC(=O)c2ccccc2)C(OC(=O)c2ccccc2)C1OC1OC2COC(c3ccccc3)OC2C(OC(=O)c2ccccc2)C1OC(=O)c1ccccc1)c1ccccc1. The Balaban J connectivity index is 1.09. The van der Waals surface area contributed by atoms with Crippen molar-refractivity contribution >= 4 is 41.6 Å². The molecule has 0 N–H and O–H groups in total. The number of carbonyl (C=O) groups is 5. The maximum atomic E-state index is 14.5. The molecule has 0 saturated carbocycles. The van der Waals surface area contributed by atoms with Crippen molar-refractivity contribution in [3.05, 3.63) is 246 Å². The Bertz CT molecular complexity index is 3030. The van der Waals surface area contributed by atoms with E-state index in [0.717, 1.165) is 0 Å². The molecular formula is C60H50O15S. The number of hydrogen-bond donors (Lipinski definition) is 0. The Labute approximate surface area is 441 Å². The van der Waals surface area contributed by atoms with Gasteiger partial charge in [-0.25, -0.2) is 24.0 Å². The number of esters is 5. The summed E-state index contributed by atoms with van der Waals surface area (Å²) in [5, 5.41) is 0. The average Bonchev–Trinajstić information content (AvgIpc) is 3.52. The molecule has 3 heterocycles. The van der Waals surface area contributed by atoms with E-state index >= 15 is 0 Å². The Morgan fingerprint density at radius 3 is 1.32 bits per heavy atom. The van der Waals surface area contributed by atoms with Gasteiger partial charge in [0.25, 0.3) is 0 Å². The fourth-order valence-corrected chi connectivity index (χ4v) is 10.0. The van der Waals surface area contributed by atoms with Gasteiger partial charge in [0.15, 0.2) is 37.0 Å². The number of ether oxygens (including phenoxy) is 10. The van der Waals surface area contributed by atoms with Crippen molar-refractivity contribution in [1.82, 2.24) is 0 Å². The second kappa shape index (κ2) is 24.6. The molecule has 10 rings (SSSR count). The van der Waals surface area contributed by atoms with Gasteiger partial charge in [0.05, 0.1) is 34.4 Å². The van der Waals surface area contributed by atoms with Gasteiger partial charge in [0.1, 0.15) is 36.5 Å². The van der Waals surface area contributed by atoms with Crippen molar-refractivity contribution in [3.8, 4) is 0 Å². The molecule has 3 fully saturated rings. The van der Waals surface area contributed by atoms with E-state index in [0.29, 0.717) is 10.5 Å². The van der Waals surface area contributed by atoms with Crippen LogP contribution in [0.15, 0.2) is 217 Å². The Hall–Kier alpha value is -7.96.